The average molecular weight is 241 g/mol. The zero-order chi connectivity index (χ0) is 12.0. The molecule has 0 aliphatic carbocycles. The van der Waals surface area contributed by atoms with Crippen molar-refractivity contribution in [3.05, 3.63) is 11.4 Å². The molecule has 1 atom stereocenters. The molecule has 1 aromatic rings. The van der Waals surface area contributed by atoms with E-state index in [0.29, 0.717) is 5.16 Å². The van der Waals surface area contributed by atoms with Crippen molar-refractivity contribution >= 4 is 11.8 Å². The van der Waals surface area contributed by atoms with Crippen LogP contribution in [0.4, 0.5) is 0 Å². The van der Waals surface area contributed by atoms with Gasteiger partial charge in [-0.2, -0.15) is 5.10 Å². The Morgan fingerprint density at radius 3 is 2.44 bits per heavy atom. The van der Waals surface area contributed by atoms with Gasteiger partial charge in [0.25, 0.3) is 0 Å². The van der Waals surface area contributed by atoms with Gasteiger partial charge in [-0.3, -0.25) is 0 Å². The van der Waals surface area contributed by atoms with E-state index in [1.807, 2.05) is 6.92 Å². The van der Waals surface area contributed by atoms with Crippen LogP contribution in [0, 0.1) is 5.92 Å². The third kappa shape index (κ3) is 3.72. The van der Waals surface area contributed by atoms with Gasteiger partial charge in [-0.15, -0.1) is 5.10 Å². The predicted molar refractivity (Wildman–Crippen MR) is 65.6 cm³/mol. The van der Waals surface area contributed by atoms with E-state index in [-0.39, 0.29) is 12.5 Å². The van der Waals surface area contributed by atoms with Crippen LogP contribution in [-0.2, 0) is 12.8 Å². The molecule has 1 rings (SSSR count). The zero-order valence-corrected chi connectivity index (χ0v) is 10.9. The van der Waals surface area contributed by atoms with Crippen LogP contribution in [0.25, 0.3) is 0 Å². The highest BCUT2D eigenvalue weighted by atomic mass is 32.2. The minimum Gasteiger partial charge on any atom is -0.396 e. The first-order valence-corrected chi connectivity index (χ1v) is 6.65. The largest absolute Gasteiger partial charge is 0.396 e. The quantitative estimate of drug-likeness (QED) is 0.768. The van der Waals surface area contributed by atoms with E-state index in [1.54, 1.807) is 11.8 Å². The maximum absolute atomic E-state index is 8.93. The second-order valence-corrected chi connectivity index (χ2v) is 4.78. The van der Waals surface area contributed by atoms with Crippen molar-refractivity contribution in [2.75, 3.05) is 12.4 Å². The summed E-state index contributed by atoms with van der Waals surface area (Å²) in [4.78, 5) is 4.48. The first-order chi connectivity index (χ1) is 7.71. The fourth-order valence-corrected chi connectivity index (χ4v) is 2.06. The Labute approximate surface area is 101 Å². The Morgan fingerprint density at radius 2 is 1.88 bits per heavy atom. The molecule has 90 valence electrons. The molecule has 0 saturated heterocycles. The third-order valence-electron chi connectivity index (χ3n) is 2.30. The molecule has 0 spiro atoms. The zero-order valence-electron chi connectivity index (χ0n) is 10.1. The summed E-state index contributed by atoms with van der Waals surface area (Å²) < 4.78 is 0. The molecule has 0 fully saturated rings. The average Bonchev–Trinajstić information content (AvgIpc) is 2.35. The van der Waals surface area contributed by atoms with Gasteiger partial charge in [-0.05, 0) is 18.8 Å². The molecule has 0 bridgehead atoms. The van der Waals surface area contributed by atoms with Crippen molar-refractivity contribution in [1.82, 2.24) is 15.2 Å². The Kier molecular flexibility index (Phi) is 5.69. The summed E-state index contributed by atoms with van der Waals surface area (Å²) in [5, 5.41) is 17.9. The topological polar surface area (TPSA) is 58.9 Å². The minimum atomic E-state index is 0.202. The molecule has 0 aromatic carbocycles. The molecule has 1 aromatic heterocycles. The van der Waals surface area contributed by atoms with Crippen molar-refractivity contribution in [3.8, 4) is 0 Å². The molecule has 16 heavy (non-hydrogen) atoms. The van der Waals surface area contributed by atoms with Crippen molar-refractivity contribution in [2.24, 2.45) is 5.92 Å². The fraction of sp³-hybridized carbons (Fsp3) is 0.727. The fourth-order valence-electron chi connectivity index (χ4n) is 1.25. The molecule has 0 aliphatic rings. The molecule has 0 radical (unpaired) electrons. The van der Waals surface area contributed by atoms with E-state index >= 15 is 0 Å². The Morgan fingerprint density at radius 1 is 1.19 bits per heavy atom. The lowest BCUT2D eigenvalue weighted by molar-refractivity contribution is 0.250. The number of aliphatic hydroxyl groups excluding tert-OH is 1. The number of rotatable bonds is 6. The molecular formula is C11H19N3OS. The van der Waals surface area contributed by atoms with E-state index in [2.05, 4.69) is 29.0 Å². The maximum atomic E-state index is 8.93. The summed E-state index contributed by atoms with van der Waals surface area (Å²) in [6.07, 6.45) is 1.77. The maximum Gasteiger partial charge on any atom is 0.209 e. The SMILES string of the molecule is CCc1nnc(SCC(C)CO)nc1CC. The standard InChI is InChI=1S/C11H19N3OS/c1-4-9-10(5-2)13-14-11(12-9)16-7-8(3)6-15/h8,15H,4-7H2,1-3H3. The van der Waals surface area contributed by atoms with E-state index < -0.39 is 0 Å². The van der Waals surface area contributed by atoms with Gasteiger partial charge in [0.05, 0.1) is 11.4 Å². The van der Waals surface area contributed by atoms with Crippen LogP contribution in [0.15, 0.2) is 5.16 Å². The van der Waals surface area contributed by atoms with Gasteiger partial charge >= 0.3 is 0 Å². The van der Waals surface area contributed by atoms with Crippen LogP contribution in [0.2, 0.25) is 0 Å². The third-order valence-corrected chi connectivity index (χ3v) is 3.47. The van der Waals surface area contributed by atoms with Gasteiger partial charge < -0.3 is 5.11 Å². The summed E-state index contributed by atoms with van der Waals surface area (Å²) in [6, 6.07) is 0. The van der Waals surface area contributed by atoms with E-state index in [4.69, 9.17) is 5.11 Å². The van der Waals surface area contributed by atoms with Crippen LogP contribution < -0.4 is 0 Å². The number of thioether (sulfide) groups is 1. The lowest BCUT2D eigenvalue weighted by Gasteiger charge is -2.07. The van der Waals surface area contributed by atoms with Crippen molar-refractivity contribution in [2.45, 2.75) is 38.8 Å². The Bertz CT molecular complexity index is 333. The summed E-state index contributed by atoms with van der Waals surface area (Å²) in [5.41, 5.74) is 2.03. The number of hydrogen-bond donors (Lipinski definition) is 1. The smallest absolute Gasteiger partial charge is 0.209 e. The van der Waals surface area contributed by atoms with Gasteiger partial charge in [0, 0.05) is 12.4 Å². The second-order valence-electron chi connectivity index (χ2n) is 3.79. The molecular weight excluding hydrogens is 222 g/mol. The highest BCUT2D eigenvalue weighted by molar-refractivity contribution is 7.99. The molecule has 1 heterocycles. The van der Waals surface area contributed by atoms with E-state index in [0.717, 1.165) is 30.0 Å². The van der Waals surface area contributed by atoms with Crippen molar-refractivity contribution in [3.63, 3.8) is 0 Å². The summed E-state index contributed by atoms with van der Waals surface area (Å²) in [5.74, 6) is 1.09. The number of hydrogen-bond acceptors (Lipinski definition) is 5. The lowest BCUT2D eigenvalue weighted by Crippen LogP contribution is -2.07. The van der Waals surface area contributed by atoms with Gasteiger partial charge in [0.2, 0.25) is 5.16 Å². The summed E-state index contributed by atoms with van der Waals surface area (Å²) in [7, 11) is 0. The highest BCUT2D eigenvalue weighted by Crippen LogP contribution is 2.17. The first kappa shape index (κ1) is 13.4. The number of nitrogens with zero attached hydrogens (tertiary/aromatic N) is 3. The number of aromatic nitrogens is 3. The predicted octanol–water partition coefficient (Wildman–Crippen LogP) is 1.72. The minimum absolute atomic E-state index is 0.202. The molecule has 0 saturated carbocycles. The van der Waals surface area contributed by atoms with Gasteiger partial charge in [-0.1, -0.05) is 32.5 Å². The van der Waals surface area contributed by atoms with E-state index in [1.165, 1.54) is 0 Å². The Hall–Kier alpha value is -0.680. The molecule has 4 nitrogen and oxygen atoms in total. The van der Waals surface area contributed by atoms with Crippen LogP contribution in [0.5, 0.6) is 0 Å². The van der Waals surface area contributed by atoms with Crippen LogP contribution >= 0.6 is 11.8 Å². The molecule has 1 N–H and O–H groups in total. The van der Waals surface area contributed by atoms with Gasteiger partial charge in [0.15, 0.2) is 0 Å². The second kappa shape index (κ2) is 6.81. The van der Waals surface area contributed by atoms with Gasteiger partial charge in [-0.25, -0.2) is 4.98 Å². The molecule has 0 aliphatic heterocycles. The molecule has 1 unspecified atom stereocenters. The molecule has 0 amide bonds. The number of aryl methyl sites for hydroxylation is 2. The molecule has 5 heteroatoms. The van der Waals surface area contributed by atoms with Gasteiger partial charge in [0.1, 0.15) is 0 Å². The van der Waals surface area contributed by atoms with E-state index in [9.17, 15) is 0 Å². The summed E-state index contributed by atoms with van der Waals surface area (Å²) in [6.45, 7) is 6.34. The van der Waals surface area contributed by atoms with Crippen molar-refractivity contribution in [1.29, 1.82) is 0 Å². The monoisotopic (exact) mass is 241 g/mol. The van der Waals surface area contributed by atoms with Crippen molar-refractivity contribution < 1.29 is 5.11 Å². The number of aliphatic hydroxyl groups is 1. The van der Waals surface area contributed by atoms with Crippen LogP contribution in [0.1, 0.15) is 32.2 Å². The normalized spacial score (nSPS) is 12.8. The lowest BCUT2D eigenvalue weighted by atomic mass is 10.2. The Balaban J connectivity index is 2.67. The summed E-state index contributed by atoms with van der Waals surface area (Å²) >= 11 is 1.56. The first-order valence-electron chi connectivity index (χ1n) is 5.67. The van der Waals surface area contributed by atoms with Crippen LogP contribution in [-0.4, -0.2) is 32.6 Å². The highest BCUT2D eigenvalue weighted by Gasteiger charge is 2.08. The van der Waals surface area contributed by atoms with Crippen LogP contribution in [0.3, 0.4) is 0 Å².